The average molecular weight is 283 g/mol. The summed E-state index contributed by atoms with van der Waals surface area (Å²) in [6.45, 7) is 7.02. The van der Waals surface area contributed by atoms with Crippen molar-refractivity contribution in [2.75, 3.05) is 0 Å². The number of hydrogen-bond donors (Lipinski definition) is 2. The minimum absolute atomic E-state index is 0.0676. The molecule has 0 radical (unpaired) electrons. The number of carbonyl (C=O) groups is 1. The third-order valence-electron chi connectivity index (χ3n) is 3.10. The first kappa shape index (κ1) is 16.4. The van der Waals surface area contributed by atoms with Gasteiger partial charge in [0.2, 0.25) is 0 Å². The van der Waals surface area contributed by atoms with E-state index in [2.05, 4.69) is 5.32 Å². The maximum absolute atomic E-state index is 13.2. The summed E-state index contributed by atoms with van der Waals surface area (Å²) in [5.74, 6) is -0.377. The van der Waals surface area contributed by atoms with Gasteiger partial charge in [0.1, 0.15) is 11.6 Å². The smallest absolute Gasteiger partial charge is 0.260 e. The number of carbonyl (C=O) groups excluding carboxylic acids is 1. The molecule has 1 amide bonds. The lowest BCUT2D eigenvalue weighted by Gasteiger charge is -2.20. The van der Waals surface area contributed by atoms with Crippen LogP contribution in [0.3, 0.4) is 0 Å². The Kier molecular flexibility index (Phi) is 5.95. The highest BCUT2D eigenvalue weighted by Gasteiger charge is 2.19. The van der Waals surface area contributed by atoms with Crippen molar-refractivity contribution in [1.82, 2.24) is 5.32 Å². The third-order valence-corrected chi connectivity index (χ3v) is 3.10. The Balaban J connectivity index is 2.80. The Hall–Kier alpha value is -1.62. The largest absolute Gasteiger partial charge is 0.481 e. The molecule has 4 nitrogen and oxygen atoms in total. The number of rotatable bonds is 6. The van der Waals surface area contributed by atoms with Crippen LogP contribution in [0.15, 0.2) is 18.2 Å². The van der Waals surface area contributed by atoms with E-state index in [0.29, 0.717) is 11.3 Å². The summed E-state index contributed by atoms with van der Waals surface area (Å²) in [6.07, 6.45) is -0.758. The van der Waals surface area contributed by atoms with Crippen molar-refractivity contribution in [3.05, 3.63) is 29.6 Å². The van der Waals surface area contributed by atoms with Gasteiger partial charge < -0.3 is 15.2 Å². The predicted molar refractivity (Wildman–Crippen MR) is 75.0 cm³/mol. The standard InChI is InChI=1S/C15H22FNO3/c1-5-9(2)17-15(19)11(4)20-14-7-6-12(16)8-13(14)10(3)18/h6-11,18H,5H2,1-4H3,(H,17,19)/t9?,10-,11?/m1/s1. The van der Waals surface area contributed by atoms with Crippen LogP contribution >= 0.6 is 0 Å². The molecule has 112 valence electrons. The van der Waals surface area contributed by atoms with Crippen LogP contribution in [0.25, 0.3) is 0 Å². The second-order valence-corrected chi connectivity index (χ2v) is 4.94. The Morgan fingerprint density at radius 3 is 2.60 bits per heavy atom. The maximum atomic E-state index is 13.2. The Labute approximate surface area is 119 Å². The molecular formula is C15H22FNO3. The molecular weight excluding hydrogens is 261 g/mol. The van der Waals surface area contributed by atoms with Crippen LogP contribution in [0.1, 0.15) is 45.8 Å². The Morgan fingerprint density at radius 2 is 2.05 bits per heavy atom. The van der Waals surface area contributed by atoms with Gasteiger partial charge in [0, 0.05) is 11.6 Å². The van der Waals surface area contributed by atoms with Gasteiger partial charge in [0.25, 0.3) is 5.91 Å². The molecule has 2 N–H and O–H groups in total. The molecule has 1 aromatic carbocycles. The summed E-state index contributed by atoms with van der Waals surface area (Å²) in [4.78, 5) is 11.9. The van der Waals surface area contributed by atoms with Crippen molar-refractivity contribution < 1.29 is 19.0 Å². The van der Waals surface area contributed by atoms with Crippen molar-refractivity contribution in [3.63, 3.8) is 0 Å². The van der Waals surface area contributed by atoms with E-state index in [1.807, 2.05) is 13.8 Å². The number of aliphatic hydroxyl groups excluding tert-OH is 1. The second-order valence-electron chi connectivity index (χ2n) is 4.94. The molecule has 1 rings (SSSR count). The molecule has 0 saturated heterocycles. The quantitative estimate of drug-likeness (QED) is 0.843. The summed E-state index contributed by atoms with van der Waals surface area (Å²) < 4.78 is 18.7. The van der Waals surface area contributed by atoms with Crippen molar-refractivity contribution in [2.24, 2.45) is 0 Å². The van der Waals surface area contributed by atoms with E-state index < -0.39 is 18.0 Å². The summed E-state index contributed by atoms with van der Waals surface area (Å²) >= 11 is 0. The molecule has 1 aromatic rings. The molecule has 0 aromatic heterocycles. The van der Waals surface area contributed by atoms with Crippen LogP contribution in [0.5, 0.6) is 5.75 Å². The zero-order chi connectivity index (χ0) is 15.3. The number of aliphatic hydroxyl groups is 1. The van der Waals surface area contributed by atoms with Crippen LogP contribution in [-0.2, 0) is 4.79 Å². The zero-order valence-corrected chi connectivity index (χ0v) is 12.3. The zero-order valence-electron chi connectivity index (χ0n) is 12.3. The van der Waals surface area contributed by atoms with Gasteiger partial charge in [-0.1, -0.05) is 6.92 Å². The molecule has 2 unspecified atom stereocenters. The van der Waals surface area contributed by atoms with Gasteiger partial charge in [0.15, 0.2) is 6.10 Å². The van der Waals surface area contributed by atoms with E-state index in [4.69, 9.17) is 4.74 Å². The van der Waals surface area contributed by atoms with E-state index in [1.165, 1.54) is 25.1 Å². The minimum Gasteiger partial charge on any atom is -0.481 e. The Bertz CT molecular complexity index is 462. The fraction of sp³-hybridized carbons (Fsp3) is 0.533. The van der Waals surface area contributed by atoms with Crippen molar-refractivity contribution >= 4 is 5.91 Å². The average Bonchev–Trinajstić information content (AvgIpc) is 2.40. The number of ether oxygens (including phenoxy) is 1. The van der Waals surface area contributed by atoms with Crippen molar-refractivity contribution in [2.45, 2.75) is 52.4 Å². The lowest BCUT2D eigenvalue weighted by atomic mass is 10.1. The first-order valence-corrected chi connectivity index (χ1v) is 6.79. The number of amides is 1. The van der Waals surface area contributed by atoms with Crippen LogP contribution in [0.4, 0.5) is 4.39 Å². The SMILES string of the molecule is CCC(C)NC(=O)C(C)Oc1ccc(F)cc1[C@@H](C)O. The van der Waals surface area contributed by atoms with Crippen LogP contribution < -0.4 is 10.1 Å². The monoisotopic (exact) mass is 283 g/mol. The van der Waals surface area contributed by atoms with E-state index in [9.17, 15) is 14.3 Å². The highest BCUT2D eigenvalue weighted by molar-refractivity contribution is 5.81. The van der Waals surface area contributed by atoms with Crippen molar-refractivity contribution in [1.29, 1.82) is 0 Å². The molecule has 3 atom stereocenters. The topological polar surface area (TPSA) is 58.6 Å². The minimum atomic E-state index is -0.870. The number of nitrogens with one attached hydrogen (secondary N) is 1. The van der Waals surface area contributed by atoms with E-state index in [-0.39, 0.29) is 11.9 Å². The first-order chi connectivity index (χ1) is 9.35. The lowest BCUT2D eigenvalue weighted by molar-refractivity contribution is -0.127. The maximum Gasteiger partial charge on any atom is 0.260 e. The molecule has 0 aliphatic rings. The summed E-state index contributed by atoms with van der Waals surface area (Å²) in [7, 11) is 0. The fourth-order valence-corrected chi connectivity index (χ4v) is 1.66. The summed E-state index contributed by atoms with van der Waals surface area (Å²) in [5.41, 5.74) is 0.327. The van der Waals surface area contributed by atoms with Gasteiger partial charge in [-0.15, -0.1) is 0 Å². The van der Waals surface area contributed by atoms with E-state index in [1.54, 1.807) is 6.92 Å². The predicted octanol–water partition coefficient (Wildman–Crippen LogP) is 2.56. The van der Waals surface area contributed by atoms with Gasteiger partial charge in [-0.25, -0.2) is 4.39 Å². The van der Waals surface area contributed by atoms with Crippen LogP contribution in [-0.4, -0.2) is 23.2 Å². The first-order valence-electron chi connectivity index (χ1n) is 6.79. The van der Waals surface area contributed by atoms with Gasteiger partial charge >= 0.3 is 0 Å². The lowest BCUT2D eigenvalue weighted by Crippen LogP contribution is -2.41. The van der Waals surface area contributed by atoms with E-state index >= 15 is 0 Å². The molecule has 0 saturated carbocycles. The molecule has 0 heterocycles. The molecule has 0 bridgehead atoms. The summed E-state index contributed by atoms with van der Waals surface area (Å²) in [6, 6.07) is 3.93. The second kappa shape index (κ2) is 7.24. The fourth-order valence-electron chi connectivity index (χ4n) is 1.66. The van der Waals surface area contributed by atoms with Crippen LogP contribution in [0.2, 0.25) is 0 Å². The molecule has 0 aliphatic heterocycles. The van der Waals surface area contributed by atoms with Gasteiger partial charge in [-0.2, -0.15) is 0 Å². The molecule has 0 fully saturated rings. The van der Waals surface area contributed by atoms with Crippen LogP contribution in [0, 0.1) is 5.82 Å². The summed E-state index contributed by atoms with van der Waals surface area (Å²) in [5, 5.41) is 12.4. The molecule has 0 spiro atoms. The normalized spacial score (nSPS) is 15.3. The van der Waals surface area contributed by atoms with Gasteiger partial charge in [-0.3, -0.25) is 4.79 Å². The number of halogens is 1. The third kappa shape index (κ3) is 4.49. The molecule has 0 aliphatic carbocycles. The molecule has 5 heteroatoms. The Morgan fingerprint density at radius 1 is 1.40 bits per heavy atom. The van der Waals surface area contributed by atoms with E-state index in [0.717, 1.165) is 6.42 Å². The van der Waals surface area contributed by atoms with Gasteiger partial charge in [0.05, 0.1) is 6.10 Å². The highest BCUT2D eigenvalue weighted by Crippen LogP contribution is 2.26. The highest BCUT2D eigenvalue weighted by atomic mass is 19.1. The van der Waals surface area contributed by atoms with Gasteiger partial charge in [-0.05, 0) is 45.4 Å². The number of benzene rings is 1. The van der Waals surface area contributed by atoms with Crippen molar-refractivity contribution in [3.8, 4) is 5.75 Å². The number of hydrogen-bond acceptors (Lipinski definition) is 3. The molecule has 20 heavy (non-hydrogen) atoms.